The number of ether oxygens (including phenoxy) is 1. The Kier molecular flexibility index (Phi) is 6.15. The number of pyridine rings is 1. The highest BCUT2D eigenvalue weighted by atomic mass is 16.5. The molecule has 0 aliphatic heterocycles. The van der Waals surface area contributed by atoms with Gasteiger partial charge in [-0.2, -0.15) is 0 Å². The van der Waals surface area contributed by atoms with Gasteiger partial charge < -0.3 is 4.74 Å². The Morgan fingerprint density at radius 1 is 1.53 bits per heavy atom. The fourth-order valence-corrected chi connectivity index (χ4v) is 1.34. The summed E-state index contributed by atoms with van der Waals surface area (Å²) in [6, 6.07) is 3.57. The monoisotopic (exact) mass is 260 g/mol. The minimum Gasteiger partial charge on any atom is -0.468 e. The molecular weight excluding hydrogens is 244 g/mol. The topological polar surface area (TPSA) is 68.6 Å². The molecule has 1 aromatic heterocycles. The molecule has 0 aliphatic carbocycles. The van der Waals surface area contributed by atoms with Crippen LogP contribution >= 0.6 is 0 Å². The largest absolute Gasteiger partial charge is 0.468 e. The van der Waals surface area contributed by atoms with E-state index >= 15 is 0 Å². The molecule has 0 spiro atoms. The van der Waals surface area contributed by atoms with E-state index in [0.717, 1.165) is 5.56 Å². The Hall–Kier alpha value is -2.30. The third-order valence-electron chi connectivity index (χ3n) is 2.32. The van der Waals surface area contributed by atoms with E-state index in [1.54, 1.807) is 24.5 Å². The van der Waals surface area contributed by atoms with Crippen LogP contribution in [0.15, 0.2) is 35.6 Å². The van der Waals surface area contributed by atoms with Crippen LogP contribution in [0.4, 0.5) is 0 Å². The van der Waals surface area contributed by atoms with E-state index < -0.39 is 11.9 Å². The molecule has 0 bridgehead atoms. The van der Waals surface area contributed by atoms with E-state index in [1.165, 1.54) is 19.4 Å². The summed E-state index contributed by atoms with van der Waals surface area (Å²) in [4.78, 5) is 31.3. The summed E-state index contributed by atoms with van der Waals surface area (Å²) < 4.78 is 4.59. The highest BCUT2D eigenvalue weighted by Crippen LogP contribution is 2.04. The van der Waals surface area contributed by atoms with Crippen molar-refractivity contribution in [2.75, 3.05) is 13.7 Å². The predicted octanol–water partition coefficient (Wildman–Crippen LogP) is 1.54. The van der Waals surface area contributed by atoms with Crippen molar-refractivity contribution in [3.8, 4) is 0 Å². The van der Waals surface area contributed by atoms with Crippen molar-refractivity contribution < 1.29 is 14.3 Å². The lowest BCUT2D eigenvalue weighted by atomic mass is 10.0. The van der Waals surface area contributed by atoms with Crippen LogP contribution in [0.2, 0.25) is 0 Å². The number of hydrogen-bond acceptors (Lipinski definition) is 5. The number of methoxy groups -OCH3 is 1. The Morgan fingerprint density at radius 3 is 2.89 bits per heavy atom. The van der Waals surface area contributed by atoms with E-state index in [1.807, 2.05) is 13.0 Å². The number of allylic oxidation sites excluding steroid dienone is 1. The fraction of sp³-hybridized carbons (Fsp3) is 0.286. The molecule has 5 heteroatoms. The smallest absolute Gasteiger partial charge is 0.322 e. The lowest BCUT2D eigenvalue weighted by molar-refractivity contribution is -0.145. The number of aromatic nitrogens is 1. The van der Waals surface area contributed by atoms with E-state index in [2.05, 4.69) is 14.7 Å². The highest BCUT2D eigenvalue weighted by Gasteiger charge is 2.23. The number of hydrogen-bond donors (Lipinski definition) is 0. The van der Waals surface area contributed by atoms with Crippen molar-refractivity contribution in [1.29, 1.82) is 0 Å². The third-order valence-corrected chi connectivity index (χ3v) is 2.32. The average molecular weight is 260 g/mol. The van der Waals surface area contributed by atoms with Gasteiger partial charge in [0.05, 0.1) is 7.11 Å². The summed E-state index contributed by atoms with van der Waals surface area (Å²) in [5.74, 6) is -1.97. The van der Waals surface area contributed by atoms with Crippen molar-refractivity contribution in [3.63, 3.8) is 0 Å². The van der Waals surface area contributed by atoms with E-state index in [-0.39, 0.29) is 5.78 Å². The molecule has 1 unspecified atom stereocenters. The molecule has 0 saturated heterocycles. The van der Waals surface area contributed by atoms with Crippen LogP contribution in [-0.2, 0) is 14.3 Å². The molecule has 5 nitrogen and oxygen atoms in total. The average Bonchev–Trinajstić information content (AvgIpc) is 2.46. The van der Waals surface area contributed by atoms with Gasteiger partial charge in [-0.3, -0.25) is 19.6 Å². The van der Waals surface area contributed by atoms with Crippen molar-refractivity contribution in [1.82, 2.24) is 4.98 Å². The van der Waals surface area contributed by atoms with Crippen molar-refractivity contribution in [2.45, 2.75) is 6.92 Å². The SMILES string of the molecule is CCN=CC(C(=O)C=Cc1cccnc1)C(=O)OC. The Bertz CT molecular complexity index is 481. The Labute approximate surface area is 112 Å². The Morgan fingerprint density at radius 2 is 2.32 bits per heavy atom. The van der Waals surface area contributed by atoms with Gasteiger partial charge in [-0.1, -0.05) is 6.07 Å². The molecule has 1 aromatic rings. The van der Waals surface area contributed by atoms with E-state index in [4.69, 9.17) is 0 Å². The second-order valence-electron chi connectivity index (χ2n) is 3.67. The summed E-state index contributed by atoms with van der Waals surface area (Å²) in [6.07, 6.45) is 7.52. The number of ketones is 1. The summed E-state index contributed by atoms with van der Waals surface area (Å²) in [6.45, 7) is 2.33. The molecule has 1 rings (SSSR count). The molecule has 1 heterocycles. The first-order valence-electron chi connectivity index (χ1n) is 5.88. The maximum atomic E-state index is 11.9. The van der Waals surface area contributed by atoms with Gasteiger partial charge in [0.1, 0.15) is 0 Å². The maximum Gasteiger partial charge on any atom is 0.322 e. The second kappa shape index (κ2) is 7.92. The zero-order chi connectivity index (χ0) is 14.1. The third kappa shape index (κ3) is 4.83. The van der Waals surface area contributed by atoms with Gasteiger partial charge in [0.2, 0.25) is 0 Å². The molecule has 0 N–H and O–H groups in total. The molecule has 0 saturated carbocycles. The van der Waals surface area contributed by atoms with Crippen LogP contribution < -0.4 is 0 Å². The van der Waals surface area contributed by atoms with Gasteiger partial charge in [0.25, 0.3) is 0 Å². The minimum atomic E-state index is -0.988. The van der Waals surface area contributed by atoms with Crippen LogP contribution in [0.1, 0.15) is 12.5 Å². The number of aliphatic imine (C=N–C) groups is 1. The molecule has 0 aliphatic rings. The molecule has 19 heavy (non-hydrogen) atoms. The summed E-state index contributed by atoms with van der Waals surface area (Å²) >= 11 is 0. The van der Waals surface area contributed by atoms with E-state index in [0.29, 0.717) is 6.54 Å². The lowest BCUT2D eigenvalue weighted by Gasteiger charge is -2.05. The highest BCUT2D eigenvalue weighted by molar-refractivity contribution is 6.16. The van der Waals surface area contributed by atoms with Gasteiger partial charge in [-0.15, -0.1) is 0 Å². The number of carbonyl (C=O) groups is 2. The number of esters is 1. The molecule has 0 radical (unpaired) electrons. The molecule has 1 atom stereocenters. The second-order valence-corrected chi connectivity index (χ2v) is 3.67. The number of carbonyl (C=O) groups excluding carboxylic acids is 2. The number of rotatable bonds is 6. The normalized spacial score (nSPS) is 12.7. The van der Waals surface area contributed by atoms with Crippen LogP contribution in [0.25, 0.3) is 6.08 Å². The van der Waals surface area contributed by atoms with Gasteiger partial charge in [0, 0.05) is 25.2 Å². The van der Waals surface area contributed by atoms with Gasteiger partial charge in [-0.05, 0) is 30.7 Å². The molecule has 0 fully saturated rings. The first-order valence-corrected chi connectivity index (χ1v) is 5.88. The van der Waals surface area contributed by atoms with Crippen LogP contribution in [0, 0.1) is 5.92 Å². The van der Waals surface area contributed by atoms with Gasteiger partial charge in [-0.25, -0.2) is 0 Å². The van der Waals surface area contributed by atoms with E-state index in [9.17, 15) is 9.59 Å². The first-order chi connectivity index (χ1) is 9.19. The lowest BCUT2D eigenvalue weighted by Crippen LogP contribution is -2.25. The standard InChI is InChI=1S/C14H16N2O3/c1-3-15-10-12(14(18)19-2)13(17)7-6-11-5-4-8-16-9-11/h4-10,12H,3H2,1-2H3. The summed E-state index contributed by atoms with van der Waals surface area (Å²) in [5.41, 5.74) is 0.784. The summed E-state index contributed by atoms with van der Waals surface area (Å²) in [7, 11) is 1.24. The predicted molar refractivity (Wildman–Crippen MR) is 72.8 cm³/mol. The summed E-state index contributed by atoms with van der Waals surface area (Å²) in [5, 5.41) is 0. The molecule has 0 amide bonds. The van der Waals surface area contributed by atoms with Gasteiger partial charge in [0.15, 0.2) is 11.7 Å². The Balaban J connectivity index is 2.80. The molecule has 100 valence electrons. The molecular formula is C14H16N2O3. The van der Waals surface area contributed by atoms with Crippen molar-refractivity contribution in [3.05, 3.63) is 36.2 Å². The van der Waals surface area contributed by atoms with Crippen LogP contribution in [0.3, 0.4) is 0 Å². The van der Waals surface area contributed by atoms with Crippen LogP contribution in [-0.4, -0.2) is 36.6 Å². The van der Waals surface area contributed by atoms with Gasteiger partial charge >= 0.3 is 5.97 Å². The zero-order valence-electron chi connectivity index (χ0n) is 10.9. The minimum absolute atomic E-state index is 0.368. The van der Waals surface area contributed by atoms with Crippen LogP contribution in [0.5, 0.6) is 0 Å². The van der Waals surface area contributed by atoms with Crippen molar-refractivity contribution >= 4 is 24.0 Å². The molecule has 0 aromatic carbocycles. The fourth-order valence-electron chi connectivity index (χ4n) is 1.34. The first kappa shape index (κ1) is 14.8. The quantitative estimate of drug-likeness (QED) is 0.337. The maximum absolute atomic E-state index is 11.9. The number of nitrogens with zero attached hydrogens (tertiary/aromatic N) is 2. The zero-order valence-corrected chi connectivity index (χ0v) is 10.9. The van der Waals surface area contributed by atoms with Crippen molar-refractivity contribution in [2.24, 2.45) is 10.9 Å².